The van der Waals surface area contributed by atoms with Crippen LogP contribution in [0.4, 0.5) is 10.2 Å². The van der Waals surface area contributed by atoms with Crippen molar-refractivity contribution in [1.82, 2.24) is 24.5 Å². The molecule has 4 aromatic rings. The van der Waals surface area contributed by atoms with Gasteiger partial charge in [0.25, 0.3) is 0 Å². The Balaban J connectivity index is 1.19. The minimum Gasteiger partial charge on any atom is -0.490 e. The van der Waals surface area contributed by atoms with Crippen molar-refractivity contribution in [2.24, 2.45) is 0 Å². The van der Waals surface area contributed by atoms with Crippen LogP contribution in [0.2, 0.25) is 0 Å². The molecule has 7 rings (SSSR count). The van der Waals surface area contributed by atoms with Gasteiger partial charge in [0, 0.05) is 55.2 Å². The number of piperidine rings is 1. The van der Waals surface area contributed by atoms with Crippen LogP contribution in [0.25, 0.3) is 16.6 Å². The van der Waals surface area contributed by atoms with Crippen LogP contribution in [-0.4, -0.2) is 75.1 Å². The third kappa shape index (κ3) is 4.27. The number of fused-ring (bicyclic) bond motifs is 3. The highest BCUT2D eigenvalue weighted by Crippen LogP contribution is 2.36. The molecule has 4 aromatic heterocycles. The predicted octanol–water partition coefficient (Wildman–Crippen LogP) is 2.64. The van der Waals surface area contributed by atoms with Crippen LogP contribution in [0, 0.1) is 17.1 Å². The fourth-order valence-corrected chi connectivity index (χ4v) is 5.42. The van der Waals surface area contributed by atoms with Crippen LogP contribution in [0.15, 0.2) is 49.1 Å². The molecule has 0 saturated carbocycles. The van der Waals surface area contributed by atoms with Crippen LogP contribution >= 0.6 is 0 Å². The third-order valence-corrected chi connectivity index (χ3v) is 7.22. The number of aliphatic hydroxyl groups excluding tert-OH is 1. The molecule has 0 aliphatic carbocycles. The van der Waals surface area contributed by atoms with Gasteiger partial charge in [0.15, 0.2) is 5.82 Å². The summed E-state index contributed by atoms with van der Waals surface area (Å²) in [5.41, 5.74) is 3.59. The summed E-state index contributed by atoms with van der Waals surface area (Å²) in [4.78, 5) is 13.5. The Bertz CT molecular complexity index is 1510. The number of nitrogens with zero attached hydrogens (tertiary/aromatic N) is 7. The lowest BCUT2D eigenvalue weighted by molar-refractivity contribution is -0.00884. The van der Waals surface area contributed by atoms with Gasteiger partial charge in [-0.1, -0.05) is 0 Å². The Morgan fingerprint density at radius 2 is 2.00 bits per heavy atom. The molecular weight excluding hydrogens is 489 g/mol. The monoisotopic (exact) mass is 515 g/mol. The fraction of sp³-hybridized carbons (Fsp3) is 0.333. The van der Waals surface area contributed by atoms with Gasteiger partial charge in [-0.2, -0.15) is 10.4 Å². The van der Waals surface area contributed by atoms with E-state index in [-0.39, 0.29) is 19.1 Å². The second-order valence-electron chi connectivity index (χ2n) is 9.49. The zero-order valence-corrected chi connectivity index (χ0v) is 20.8. The lowest BCUT2D eigenvalue weighted by Gasteiger charge is -2.56. The highest BCUT2D eigenvalue weighted by atomic mass is 19.1. The molecule has 2 unspecified atom stereocenters. The zero-order valence-electron chi connectivity index (χ0n) is 20.8. The number of hydrogen-bond acceptors (Lipinski definition) is 9. The largest absolute Gasteiger partial charge is 0.490 e. The van der Waals surface area contributed by atoms with E-state index in [4.69, 9.17) is 19.6 Å². The smallest absolute Gasteiger partial charge is 0.250 e. The van der Waals surface area contributed by atoms with Gasteiger partial charge >= 0.3 is 0 Å². The molecule has 2 atom stereocenters. The fourth-order valence-electron chi connectivity index (χ4n) is 5.42. The third-order valence-electron chi connectivity index (χ3n) is 7.22. The number of aromatic nitrogens is 4. The second-order valence-corrected chi connectivity index (χ2v) is 9.49. The molecule has 3 fully saturated rings. The molecule has 11 heteroatoms. The van der Waals surface area contributed by atoms with Gasteiger partial charge in [-0.15, -0.1) is 0 Å². The predicted molar refractivity (Wildman–Crippen MR) is 136 cm³/mol. The van der Waals surface area contributed by atoms with E-state index < -0.39 is 5.82 Å². The van der Waals surface area contributed by atoms with Crippen LogP contribution < -0.4 is 14.4 Å². The Morgan fingerprint density at radius 1 is 1.16 bits per heavy atom. The lowest BCUT2D eigenvalue weighted by atomic mass is 9.87. The van der Waals surface area contributed by atoms with Crippen LogP contribution in [0.1, 0.15) is 17.5 Å². The minimum atomic E-state index is -0.442. The van der Waals surface area contributed by atoms with Crippen LogP contribution in [0.3, 0.4) is 0 Å². The summed E-state index contributed by atoms with van der Waals surface area (Å²) in [6.07, 6.45) is 7.81. The number of rotatable bonds is 8. The zero-order chi connectivity index (χ0) is 26.2. The van der Waals surface area contributed by atoms with Crippen molar-refractivity contribution in [1.29, 1.82) is 5.26 Å². The summed E-state index contributed by atoms with van der Waals surface area (Å²) in [5.74, 6) is 1.00. The van der Waals surface area contributed by atoms with Gasteiger partial charge in [0.2, 0.25) is 5.88 Å². The van der Waals surface area contributed by atoms with E-state index in [1.54, 1.807) is 23.1 Å². The Labute approximate surface area is 218 Å². The molecule has 1 N–H and O–H groups in total. The first-order valence-corrected chi connectivity index (χ1v) is 12.4. The molecule has 194 valence electrons. The summed E-state index contributed by atoms with van der Waals surface area (Å²) in [6, 6.07) is 10.3. The Morgan fingerprint density at radius 3 is 2.68 bits per heavy atom. The number of piperazine rings is 1. The maximum Gasteiger partial charge on any atom is 0.250 e. The van der Waals surface area contributed by atoms with Crippen molar-refractivity contribution in [2.45, 2.75) is 25.0 Å². The Kier molecular flexibility index (Phi) is 6.27. The first-order valence-electron chi connectivity index (χ1n) is 12.4. The summed E-state index contributed by atoms with van der Waals surface area (Å²) in [6.45, 7) is 2.39. The van der Waals surface area contributed by atoms with Crippen LogP contribution in [0.5, 0.6) is 11.6 Å². The van der Waals surface area contributed by atoms with Crippen molar-refractivity contribution in [3.8, 4) is 28.8 Å². The highest BCUT2D eigenvalue weighted by molar-refractivity contribution is 5.85. The topological polar surface area (TPSA) is 112 Å². The molecule has 3 aliphatic rings. The number of aliphatic hydroxyl groups is 1. The number of methoxy groups -OCH3 is 1. The number of ether oxygens (including phenoxy) is 2. The van der Waals surface area contributed by atoms with E-state index in [0.29, 0.717) is 35.5 Å². The lowest BCUT2D eigenvalue weighted by Crippen LogP contribution is -2.68. The van der Waals surface area contributed by atoms with Crippen molar-refractivity contribution in [3.05, 3.63) is 66.0 Å². The molecule has 10 nitrogen and oxygen atoms in total. The molecule has 38 heavy (non-hydrogen) atoms. The number of anilines is 1. The van der Waals surface area contributed by atoms with Gasteiger partial charge in [0.1, 0.15) is 24.2 Å². The standard InChI is InChI=1S/C27H26FN7O3/c1-37-27-24(28)6-17(10-31-27)13-34-20-7-21(34)15-33(14-20)25-3-2-18(11-30-25)23-8-22(38-5-4-36)16-35-26(23)19(9-29)12-32-35/h2-3,6,8,10-12,16,20-21,36H,4-5,7,13-15H2,1H3. The van der Waals surface area contributed by atoms with Gasteiger partial charge in [-0.25, -0.2) is 18.9 Å². The van der Waals surface area contributed by atoms with E-state index in [0.717, 1.165) is 42.0 Å². The number of nitriles is 1. The summed E-state index contributed by atoms with van der Waals surface area (Å²) < 4.78 is 26.2. The minimum absolute atomic E-state index is 0.0143. The SMILES string of the molecule is COc1ncc(CN2C3CC2CN(c2ccc(-c4cc(OCCO)cn5ncc(C#N)c45)cn2)C3)cc1F. The first kappa shape index (κ1) is 24.1. The molecular formula is C27H26FN7O3. The van der Waals surface area contributed by atoms with Gasteiger partial charge < -0.3 is 19.5 Å². The average Bonchev–Trinajstić information content (AvgIpc) is 3.37. The van der Waals surface area contributed by atoms with E-state index >= 15 is 0 Å². The molecule has 0 spiro atoms. The quantitative estimate of drug-likeness (QED) is 0.378. The molecule has 3 saturated heterocycles. The number of pyridine rings is 3. The van der Waals surface area contributed by atoms with Crippen molar-refractivity contribution >= 4 is 11.3 Å². The van der Waals surface area contributed by atoms with Crippen molar-refractivity contribution in [3.63, 3.8) is 0 Å². The molecule has 0 amide bonds. The van der Waals surface area contributed by atoms with Gasteiger partial charge in [0.05, 0.1) is 37.2 Å². The summed E-state index contributed by atoms with van der Waals surface area (Å²) in [5, 5.41) is 23.0. The highest BCUT2D eigenvalue weighted by Gasteiger charge is 2.44. The normalized spacial score (nSPS) is 18.7. The molecule has 3 aliphatic heterocycles. The molecule has 0 radical (unpaired) electrons. The van der Waals surface area contributed by atoms with E-state index in [1.807, 2.05) is 18.2 Å². The summed E-state index contributed by atoms with van der Waals surface area (Å²) in [7, 11) is 1.41. The van der Waals surface area contributed by atoms with E-state index in [2.05, 4.69) is 26.0 Å². The van der Waals surface area contributed by atoms with Crippen molar-refractivity contribution in [2.75, 3.05) is 38.3 Å². The van der Waals surface area contributed by atoms with Gasteiger partial charge in [-0.05, 0) is 36.2 Å². The average molecular weight is 516 g/mol. The van der Waals surface area contributed by atoms with E-state index in [1.165, 1.54) is 19.4 Å². The maximum absolute atomic E-state index is 14.1. The second kappa shape index (κ2) is 9.89. The summed E-state index contributed by atoms with van der Waals surface area (Å²) >= 11 is 0. The Hall–Kier alpha value is -4.27. The van der Waals surface area contributed by atoms with Crippen molar-refractivity contribution < 1.29 is 19.0 Å². The molecule has 2 bridgehead atoms. The molecule has 7 heterocycles. The van der Waals surface area contributed by atoms with E-state index in [9.17, 15) is 9.65 Å². The number of hydrogen-bond donors (Lipinski definition) is 1. The molecule has 0 aromatic carbocycles. The first-order chi connectivity index (χ1) is 18.6. The number of halogens is 1. The van der Waals surface area contributed by atoms with Gasteiger partial charge in [-0.3, -0.25) is 4.90 Å². The maximum atomic E-state index is 14.1. The van der Waals surface area contributed by atoms with Crippen LogP contribution in [-0.2, 0) is 6.54 Å².